The SMILES string of the molecule is COc1cc(C(=O)N2CC3CCC2C3N)cc2nc(-c3cc4ccc(-c5ccccc5NS(C)(=O)=O)nc4n3CC3CC3)n(C)c12. The fourth-order valence-corrected chi connectivity index (χ4v) is 8.05. The Kier molecular flexibility index (Phi) is 6.66. The summed E-state index contributed by atoms with van der Waals surface area (Å²) in [6.45, 7) is 1.49. The number of aromatic nitrogens is 4. The molecule has 2 aromatic carbocycles. The van der Waals surface area contributed by atoms with Crippen molar-refractivity contribution in [3.63, 3.8) is 0 Å². The summed E-state index contributed by atoms with van der Waals surface area (Å²) in [6.07, 6.45) is 5.49. The van der Waals surface area contributed by atoms with E-state index in [1.807, 2.05) is 52.9 Å². The topological polar surface area (TPSA) is 137 Å². The number of sulfonamides is 1. The number of aryl methyl sites for hydroxylation is 1. The number of likely N-dealkylation sites (tertiary alicyclic amines) is 1. The lowest BCUT2D eigenvalue weighted by molar-refractivity contribution is 0.0700. The lowest BCUT2D eigenvalue weighted by atomic mass is 10.1. The quantitative estimate of drug-likeness (QED) is 0.253. The molecule has 2 aliphatic carbocycles. The van der Waals surface area contributed by atoms with E-state index in [0.717, 1.165) is 66.6 Å². The van der Waals surface area contributed by atoms with E-state index in [0.29, 0.717) is 52.2 Å². The van der Waals surface area contributed by atoms with Gasteiger partial charge >= 0.3 is 0 Å². The molecule has 1 aliphatic heterocycles. The highest BCUT2D eigenvalue weighted by Crippen LogP contribution is 2.40. The maximum absolute atomic E-state index is 13.7. The number of carbonyl (C=O) groups is 1. The number of hydrogen-bond acceptors (Lipinski definition) is 7. The summed E-state index contributed by atoms with van der Waals surface area (Å²) in [7, 11) is 0.118. The Hall–Kier alpha value is -4.42. The maximum Gasteiger partial charge on any atom is 0.254 e. The first-order valence-electron chi connectivity index (χ1n) is 15.8. The number of piperidine rings is 1. The number of rotatable bonds is 8. The summed E-state index contributed by atoms with van der Waals surface area (Å²) in [5.41, 5.74) is 12.1. The zero-order valence-corrected chi connectivity index (χ0v) is 26.9. The van der Waals surface area contributed by atoms with Crippen LogP contribution in [0.3, 0.4) is 0 Å². The highest BCUT2D eigenvalue weighted by atomic mass is 32.2. The second-order valence-electron chi connectivity index (χ2n) is 13.1. The predicted octanol–water partition coefficient (Wildman–Crippen LogP) is 4.61. The number of imidazole rings is 1. The summed E-state index contributed by atoms with van der Waals surface area (Å²) in [5.74, 6) is 2.23. The van der Waals surface area contributed by atoms with Crippen LogP contribution >= 0.6 is 0 Å². The number of hydrogen-bond donors (Lipinski definition) is 2. The maximum atomic E-state index is 13.7. The van der Waals surface area contributed by atoms with E-state index < -0.39 is 10.0 Å². The first kappa shape index (κ1) is 29.0. The Morgan fingerprint density at radius 3 is 2.57 bits per heavy atom. The zero-order chi connectivity index (χ0) is 31.9. The third-order valence-corrected chi connectivity index (χ3v) is 10.5. The van der Waals surface area contributed by atoms with Gasteiger partial charge in [0.1, 0.15) is 16.9 Å². The Bertz CT molecular complexity index is 2150. The molecule has 2 bridgehead atoms. The van der Waals surface area contributed by atoms with Gasteiger partial charge in [-0.05, 0) is 73.9 Å². The van der Waals surface area contributed by atoms with Crippen LogP contribution in [0.1, 0.15) is 36.0 Å². The van der Waals surface area contributed by atoms with Crippen LogP contribution in [0.25, 0.3) is 44.8 Å². The number of amides is 1. The lowest BCUT2D eigenvalue weighted by Crippen LogP contribution is -2.41. The molecule has 2 saturated carbocycles. The van der Waals surface area contributed by atoms with Gasteiger partial charge in [-0.1, -0.05) is 18.2 Å². The minimum Gasteiger partial charge on any atom is -0.494 e. The largest absolute Gasteiger partial charge is 0.494 e. The second-order valence-corrected chi connectivity index (χ2v) is 14.8. The highest BCUT2D eigenvalue weighted by molar-refractivity contribution is 7.92. The summed E-state index contributed by atoms with van der Waals surface area (Å²) in [5, 5.41) is 0.961. The van der Waals surface area contributed by atoms with Crippen LogP contribution in [0.2, 0.25) is 0 Å². The average Bonchev–Trinajstić information content (AvgIpc) is 3.44. The lowest BCUT2D eigenvalue weighted by Gasteiger charge is -2.27. The molecule has 3 unspecified atom stereocenters. The molecule has 5 aromatic rings. The van der Waals surface area contributed by atoms with Crippen LogP contribution < -0.4 is 15.2 Å². The first-order chi connectivity index (χ1) is 22.1. The van der Waals surface area contributed by atoms with Gasteiger partial charge in [0.2, 0.25) is 10.0 Å². The van der Waals surface area contributed by atoms with Gasteiger partial charge in [-0.15, -0.1) is 0 Å². The molecule has 46 heavy (non-hydrogen) atoms. The Balaban J connectivity index is 1.24. The normalized spacial score (nSPS) is 21.0. The van der Waals surface area contributed by atoms with Crippen molar-refractivity contribution in [3.05, 3.63) is 60.2 Å². The molecule has 3 aliphatic rings. The highest BCUT2D eigenvalue weighted by Gasteiger charge is 2.47. The second kappa shape index (κ2) is 10.6. The molecule has 8 rings (SSSR count). The summed E-state index contributed by atoms with van der Waals surface area (Å²) < 4.78 is 36.9. The molecule has 3 fully saturated rings. The van der Waals surface area contributed by atoms with Gasteiger partial charge in [0, 0.05) is 48.7 Å². The van der Waals surface area contributed by atoms with Crippen molar-refractivity contribution in [2.45, 2.75) is 44.3 Å². The van der Waals surface area contributed by atoms with Gasteiger partial charge in [-0.2, -0.15) is 0 Å². The number of benzene rings is 2. The molecule has 3 N–H and O–H groups in total. The van der Waals surface area contributed by atoms with Crippen LogP contribution in [-0.2, 0) is 23.6 Å². The van der Waals surface area contributed by atoms with E-state index in [4.69, 9.17) is 20.4 Å². The number of nitrogens with one attached hydrogen (secondary N) is 1. The van der Waals surface area contributed by atoms with Gasteiger partial charge in [0.15, 0.2) is 5.82 Å². The minimum atomic E-state index is -3.47. The molecule has 11 nitrogen and oxygen atoms in total. The van der Waals surface area contributed by atoms with E-state index in [9.17, 15) is 13.2 Å². The first-order valence-corrected chi connectivity index (χ1v) is 17.7. The van der Waals surface area contributed by atoms with Crippen molar-refractivity contribution in [1.82, 2.24) is 24.0 Å². The summed E-state index contributed by atoms with van der Waals surface area (Å²) in [4.78, 5) is 25.9. The van der Waals surface area contributed by atoms with E-state index >= 15 is 0 Å². The monoisotopic (exact) mass is 639 g/mol. The molecular weight excluding hydrogens is 602 g/mol. The van der Waals surface area contributed by atoms with Crippen molar-refractivity contribution >= 4 is 43.7 Å². The number of fused-ring (bicyclic) bond motifs is 4. The smallest absolute Gasteiger partial charge is 0.254 e. The van der Waals surface area contributed by atoms with Gasteiger partial charge < -0.3 is 24.5 Å². The van der Waals surface area contributed by atoms with Gasteiger partial charge in [-0.25, -0.2) is 18.4 Å². The molecule has 12 heteroatoms. The fourth-order valence-electron chi connectivity index (χ4n) is 7.47. The third kappa shape index (κ3) is 4.82. The van der Waals surface area contributed by atoms with Crippen LogP contribution in [0.4, 0.5) is 5.69 Å². The molecular formula is C34H37N7O4S. The van der Waals surface area contributed by atoms with Gasteiger partial charge in [-0.3, -0.25) is 9.52 Å². The van der Waals surface area contributed by atoms with Gasteiger partial charge in [0.05, 0.1) is 36.0 Å². The van der Waals surface area contributed by atoms with Crippen LogP contribution in [0.15, 0.2) is 54.6 Å². The Morgan fingerprint density at radius 2 is 1.87 bits per heavy atom. The fraction of sp³-hybridized carbons (Fsp3) is 0.382. The molecule has 3 atom stereocenters. The molecule has 0 spiro atoms. The van der Waals surface area contributed by atoms with E-state index in [1.54, 1.807) is 19.2 Å². The number of anilines is 1. The summed E-state index contributed by atoms with van der Waals surface area (Å²) >= 11 is 0. The number of nitrogens with two attached hydrogens (primary N) is 1. The molecule has 3 aromatic heterocycles. The number of pyridine rings is 1. The number of para-hydroxylation sites is 1. The van der Waals surface area contributed by atoms with E-state index in [2.05, 4.69) is 15.4 Å². The van der Waals surface area contributed by atoms with Crippen LogP contribution in [-0.4, -0.2) is 70.3 Å². The van der Waals surface area contributed by atoms with E-state index in [-0.39, 0.29) is 18.0 Å². The number of nitrogens with zero attached hydrogens (tertiary/aromatic N) is 5. The molecule has 1 amide bonds. The molecule has 0 radical (unpaired) electrons. The number of ether oxygens (including phenoxy) is 1. The standard InChI is InChI=1S/C34H37N7O4S/c1-39-31-26(14-22(16-29(31)45-2)34(42)41-18-21-11-13-27(41)30(21)35)37-33(39)28-15-20-10-12-24(36-32(20)40(28)17-19-8-9-19)23-6-4-5-7-25(23)38-46(3,43)44/h4-7,10,12,14-16,19,21,27,30,38H,8-9,11,13,17-18,35H2,1-3H3. The van der Waals surface area contributed by atoms with Crippen molar-refractivity contribution in [1.29, 1.82) is 0 Å². The number of carbonyl (C=O) groups excluding carboxylic acids is 1. The Morgan fingerprint density at radius 1 is 1.07 bits per heavy atom. The van der Waals surface area contributed by atoms with Crippen molar-refractivity contribution in [2.75, 3.05) is 24.6 Å². The molecule has 1 saturated heterocycles. The van der Waals surface area contributed by atoms with Gasteiger partial charge in [0.25, 0.3) is 5.91 Å². The predicted molar refractivity (Wildman–Crippen MR) is 178 cm³/mol. The third-order valence-electron chi connectivity index (χ3n) is 9.92. The zero-order valence-electron chi connectivity index (χ0n) is 26.1. The minimum absolute atomic E-state index is 0.0275. The number of methoxy groups -OCH3 is 1. The van der Waals surface area contributed by atoms with Crippen molar-refractivity contribution < 1.29 is 17.9 Å². The average molecular weight is 640 g/mol. The summed E-state index contributed by atoms with van der Waals surface area (Å²) in [6, 6.07) is 17.2. The van der Waals surface area contributed by atoms with Crippen molar-refractivity contribution in [3.8, 4) is 28.5 Å². The van der Waals surface area contributed by atoms with E-state index in [1.165, 1.54) is 0 Å². The molecule has 4 heterocycles. The van der Waals surface area contributed by atoms with Crippen LogP contribution in [0, 0.1) is 11.8 Å². The Labute approximate surface area is 267 Å². The van der Waals surface area contributed by atoms with Crippen molar-refractivity contribution in [2.24, 2.45) is 24.6 Å². The van der Waals surface area contributed by atoms with Crippen LogP contribution in [0.5, 0.6) is 5.75 Å². The molecule has 238 valence electrons.